The van der Waals surface area contributed by atoms with Crippen LogP contribution in [-0.4, -0.2) is 97.3 Å². The molecule has 4 saturated heterocycles. The summed E-state index contributed by atoms with van der Waals surface area (Å²) >= 11 is 0. The molecule has 3 aromatic carbocycles. The van der Waals surface area contributed by atoms with E-state index in [4.69, 9.17) is 4.74 Å². The van der Waals surface area contributed by atoms with Crippen molar-refractivity contribution < 1.29 is 37.4 Å². The van der Waals surface area contributed by atoms with E-state index >= 15 is 0 Å². The number of likely N-dealkylation sites (tertiary alicyclic amines) is 1. The minimum Gasteiger partial charge on any atom is -0.508 e. The molecule has 3 atom stereocenters. The Kier molecular flexibility index (Phi) is 9.41. The van der Waals surface area contributed by atoms with E-state index in [1.807, 2.05) is 36.4 Å². The Balaban J connectivity index is 0.746. The number of nitrogens with one attached hydrogen (secondary N) is 1. The van der Waals surface area contributed by atoms with Crippen molar-refractivity contribution in [3.8, 4) is 11.5 Å². The number of amides is 3. The number of phenols is 1. The van der Waals surface area contributed by atoms with Crippen LogP contribution >= 0.6 is 0 Å². The third-order valence-corrected chi connectivity index (χ3v) is 13.3. The van der Waals surface area contributed by atoms with Crippen LogP contribution in [-0.2, 0) is 16.1 Å². The highest BCUT2D eigenvalue weighted by molar-refractivity contribution is 6.05. The molecule has 56 heavy (non-hydrogen) atoms. The third-order valence-electron chi connectivity index (χ3n) is 13.3. The maximum absolute atomic E-state index is 13.6. The molecule has 4 fully saturated rings. The quantitative estimate of drug-likeness (QED) is 0.280. The number of aromatic hydroxyl groups is 1. The normalized spacial score (nSPS) is 25.4. The molecule has 1 spiro atoms. The Labute approximate surface area is 324 Å². The maximum atomic E-state index is 13.6. The van der Waals surface area contributed by atoms with Gasteiger partial charge in [0.2, 0.25) is 11.8 Å². The summed E-state index contributed by atoms with van der Waals surface area (Å²) in [6.45, 7) is 7.55. The number of halogens is 3. The minimum atomic E-state index is -4.31. The van der Waals surface area contributed by atoms with E-state index in [0.717, 1.165) is 81.2 Å². The van der Waals surface area contributed by atoms with Gasteiger partial charge in [0.1, 0.15) is 17.5 Å². The van der Waals surface area contributed by atoms with Crippen LogP contribution in [0.15, 0.2) is 60.7 Å². The second-order valence-corrected chi connectivity index (χ2v) is 17.0. The van der Waals surface area contributed by atoms with Crippen molar-refractivity contribution in [3.05, 3.63) is 82.9 Å². The van der Waals surface area contributed by atoms with Crippen molar-refractivity contribution >= 4 is 29.1 Å². The van der Waals surface area contributed by atoms with Crippen molar-refractivity contribution in [2.45, 2.75) is 69.6 Å². The van der Waals surface area contributed by atoms with Crippen molar-refractivity contribution in [2.75, 3.05) is 62.2 Å². The topological polar surface area (TPSA) is 106 Å². The molecule has 0 bridgehead atoms. The summed E-state index contributed by atoms with van der Waals surface area (Å²) in [5, 5.41) is 12.3. The van der Waals surface area contributed by atoms with Gasteiger partial charge in [-0.05, 0) is 98.6 Å². The number of carbonyl (C=O) groups is 3. The lowest BCUT2D eigenvalue weighted by Crippen LogP contribution is -2.60. The zero-order chi connectivity index (χ0) is 38.8. The van der Waals surface area contributed by atoms with Gasteiger partial charge in [0, 0.05) is 91.5 Å². The molecule has 9 rings (SSSR count). The number of benzene rings is 3. The van der Waals surface area contributed by atoms with E-state index in [-0.39, 0.29) is 36.5 Å². The number of hydrogen-bond acceptors (Lipinski definition) is 8. The number of phenolic OH excluding ortho intramolecular Hbond substituents is 1. The lowest BCUT2D eigenvalue weighted by Gasteiger charge is -2.55. The highest BCUT2D eigenvalue weighted by Crippen LogP contribution is 2.47. The second kappa shape index (κ2) is 14.3. The van der Waals surface area contributed by atoms with Gasteiger partial charge in [-0.2, -0.15) is 13.2 Å². The molecule has 3 amide bonds. The van der Waals surface area contributed by atoms with Crippen LogP contribution in [0.1, 0.15) is 77.9 Å². The van der Waals surface area contributed by atoms with Gasteiger partial charge in [-0.3, -0.25) is 19.7 Å². The number of imide groups is 1. The minimum absolute atomic E-state index is 0.0295. The highest BCUT2D eigenvalue weighted by atomic mass is 19.4. The molecule has 296 valence electrons. The molecular weight excluding hydrogens is 723 g/mol. The number of anilines is 2. The van der Waals surface area contributed by atoms with E-state index in [2.05, 4.69) is 26.1 Å². The predicted octanol–water partition coefficient (Wildman–Crippen LogP) is 6.06. The molecule has 0 aromatic heterocycles. The Morgan fingerprint density at radius 3 is 2.30 bits per heavy atom. The molecule has 0 radical (unpaired) electrons. The lowest BCUT2D eigenvalue weighted by molar-refractivity contribution is -0.148. The van der Waals surface area contributed by atoms with Crippen LogP contribution < -0.4 is 19.9 Å². The predicted molar refractivity (Wildman–Crippen MR) is 204 cm³/mol. The van der Waals surface area contributed by atoms with Crippen molar-refractivity contribution in [2.24, 2.45) is 17.3 Å². The van der Waals surface area contributed by atoms with Gasteiger partial charge in [0.05, 0.1) is 13.0 Å². The zero-order valence-electron chi connectivity index (χ0n) is 31.4. The summed E-state index contributed by atoms with van der Waals surface area (Å²) < 4.78 is 46.4. The van der Waals surface area contributed by atoms with Gasteiger partial charge in [-0.1, -0.05) is 18.2 Å². The van der Waals surface area contributed by atoms with Crippen LogP contribution in [0.4, 0.5) is 24.5 Å². The largest absolute Gasteiger partial charge is 0.508 e. The Morgan fingerprint density at radius 1 is 0.857 bits per heavy atom. The van der Waals surface area contributed by atoms with Gasteiger partial charge < -0.3 is 29.4 Å². The fourth-order valence-electron chi connectivity index (χ4n) is 10.2. The van der Waals surface area contributed by atoms with Crippen molar-refractivity contribution in [3.63, 3.8) is 0 Å². The second-order valence-electron chi connectivity index (χ2n) is 17.0. The fraction of sp³-hybridized carbons (Fsp3) is 0.512. The van der Waals surface area contributed by atoms with E-state index in [0.29, 0.717) is 41.2 Å². The highest BCUT2D eigenvalue weighted by Gasteiger charge is 2.46. The van der Waals surface area contributed by atoms with Gasteiger partial charge in [-0.25, -0.2) is 0 Å². The molecule has 2 N–H and O–H groups in total. The molecule has 1 unspecified atom stereocenters. The summed E-state index contributed by atoms with van der Waals surface area (Å²) in [6, 6.07) is 18.1. The standard InChI is InChI=1S/C43H48F3N5O5/c44-43(45,46)21-30-24-56-37-20-33(52)6-8-35(37)39(30)28-1-3-31(4-2-28)49-15-11-27(12-16-49)22-48-17-13-42(14-18-48)25-50(26-42)32-5-7-34-29(19-32)23-51(41(34)55)36-9-10-38(53)47-40(36)54/h1-8,19-20,27,30,36,39,52H,9-18,21-26H2,(H,47,53,54)/t30-,36?,39-/m1/s1. The molecule has 6 aliphatic rings. The zero-order valence-corrected chi connectivity index (χ0v) is 31.4. The number of ether oxygens (including phenoxy) is 1. The van der Waals surface area contributed by atoms with E-state index in [1.54, 1.807) is 11.0 Å². The number of fused-ring (bicyclic) bond motifs is 2. The molecular formula is C43H48F3N5O5. The molecule has 0 aliphatic carbocycles. The Morgan fingerprint density at radius 2 is 1.59 bits per heavy atom. The first-order valence-corrected chi connectivity index (χ1v) is 20.0. The van der Waals surface area contributed by atoms with E-state index in [9.17, 15) is 32.7 Å². The summed E-state index contributed by atoms with van der Waals surface area (Å²) in [5.74, 6) is -0.936. The van der Waals surface area contributed by atoms with Crippen LogP contribution in [0, 0.1) is 17.3 Å². The average Bonchev–Trinajstić information content (AvgIpc) is 3.49. The van der Waals surface area contributed by atoms with Crippen LogP contribution in [0.2, 0.25) is 0 Å². The monoisotopic (exact) mass is 771 g/mol. The SMILES string of the molecule is O=C1CCC(N2Cc3cc(N4CC5(CCN(CC6CCN(c7ccc([C@H]8c9ccc(O)cc9OC[C@H]8CC(F)(F)F)cc7)CC6)CC5)C4)ccc3C2=O)C(=O)N1. The van der Waals surface area contributed by atoms with Crippen LogP contribution in [0.3, 0.4) is 0 Å². The lowest BCUT2D eigenvalue weighted by atomic mass is 9.71. The summed E-state index contributed by atoms with van der Waals surface area (Å²) in [5.41, 5.74) is 5.62. The number of hydrogen-bond donors (Lipinski definition) is 2. The number of alkyl halides is 3. The molecule has 0 saturated carbocycles. The number of piperidine rings is 3. The number of carbonyl (C=O) groups excluding carboxylic acids is 3. The van der Waals surface area contributed by atoms with E-state index in [1.165, 1.54) is 25.0 Å². The molecule has 6 aliphatic heterocycles. The average molecular weight is 772 g/mol. The molecule has 10 nitrogen and oxygen atoms in total. The smallest absolute Gasteiger partial charge is 0.389 e. The first kappa shape index (κ1) is 36.8. The van der Waals surface area contributed by atoms with Crippen molar-refractivity contribution in [1.29, 1.82) is 0 Å². The Bertz CT molecular complexity index is 2000. The van der Waals surface area contributed by atoms with Crippen LogP contribution in [0.5, 0.6) is 11.5 Å². The first-order valence-electron chi connectivity index (χ1n) is 20.0. The Hall–Kier alpha value is -4.78. The molecule has 13 heteroatoms. The van der Waals surface area contributed by atoms with E-state index < -0.39 is 30.5 Å². The summed E-state index contributed by atoms with van der Waals surface area (Å²) in [7, 11) is 0. The number of nitrogens with zero attached hydrogens (tertiary/aromatic N) is 4. The fourth-order valence-corrected chi connectivity index (χ4v) is 10.2. The summed E-state index contributed by atoms with van der Waals surface area (Å²) in [6.07, 6.45) is -0.0864. The van der Waals surface area contributed by atoms with Gasteiger partial charge in [0.15, 0.2) is 0 Å². The maximum Gasteiger partial charge on any atom is 0.389 e. The molecule has 6 heterocycles. The molecule has 3 aromatic rings. The van der Waals surface area contributed by atoms with Gasteiger partial charge in [-0.15, -0.1) is 0 Å². The first-order chi connectivity index (χ1) is 26.9. The van der Waals surface area contributed by atoms with Gasteiger partial charge >= 0.3 is 6.18 Å². The van der Waals surface area contributed by atoms with Crippen LogP contribution in [0.25, 0.3) is 0 Å². The third kappa shape index (κ3) is 7.18. The number of rotatable bonds is 7. The van der Waals surface area contributed by atoms with Crippen molar-refractivity contribution in [1.82, 2.24) is 15.1 Å². The summed E-state index contributed by atoms with van der Waals surface area (Å²) in [4.78, 5) is 46.2. The van der Waals surface area contributed by atoms with Gasteiger partial charge in [0.25, 0.3) is 5.91 Å².